The molecule has 1 N–H and O–H groups in total. The molecule has 0 unspecified atom stereocenters. The highest BCUT2D eigenvalue weighted by Gasteiger charge is 2.18. The smallest absolute Gasteiger partial charge is 0.255 e. The van der Waals surface area contributed by atoms with Gasteiger partial charge in [-0.05, 0) is 48.2 Å². The number of benzene rings is 2. The van der Waals surface area contributed by atoms with Crippen molar-refractivity contribution in [3.63, 3.8) is 0 Å². The van der Waals surface area contributed by atoms with Crippen LogP contribution in [0.3, 0.4) is 0 Å². The summed E-state index contributed by atoms with van der Waals surface area (Å²) in [5, 5.41) is 3.01. The highest BCUT2D eigenvalue weighted by Crippen LogP contribution is 2.29. The third-order valence-corrected chi connectivity index (χ3v) is 3.41. The monoisotopic (exact) mass is 297 g/mol. The second-order valence-electron chi connectivity index (χ2n) is 6.21. The van der Waals surface area contributed by atoms with Crippen LogP contribution < -0.4 is 10.1 Å². The van der Waals surface area contributed by atoms with Crippen LogP contribution in [0.15, 0.2) is 48.5 Å². The first-order valence-corrected chi connectivity index (χ1v) is 7.55. The van der Waals surface area contributed by atoms with E-state index in [0.29, 0.717) is 12.2 Å². The van der Waals surface area contributed by atoms with Gasteiger partial charge in [-0.15, -0.1) is 0 Å². The Kier molecular flexibility index (Phi) is 4.86. The van der Waals surface area contributed by atoms with Gasteiger partial charge in [0.05, 0.1) is 6.61 Å². The molecule has 0 radical (unpaired) electrons. The van der Waals surface area contributed by atoms with Crippen molar-refractivity contribution in [2.24, 2.45) is 0 Å². The SMILES string of the molecule is CCOc1ccc(C(=O)Nc2ccccc2C(C)(C)C)cc1. The summed E-state index contributed by atoms with van der Waals surface area (Å²) in [5.74, 6) is 0.661. The molecule has 2 rings (SSSR count). The molecule has 116 valence electrons. The van der Waals surface area contributed by atoms with E-state index in [2.05, 4.69) is 26.1 Å². The van der Waals surface area contributed by atoms with E-state index in [1.807, 2.05) is 43.3 Å². The van der Waals surface area contributed by atoms with Crippen molar-refractivity contribution in [1.82, 2.24) is 0 Å². The van der Waals surface area contributed by atoms with E-state index >= 15 is 0 Å². The van der Waals surface area contributed by atoms with Crippen LogP contribution in [0.25, 0.3) is 0 Å². The van der Waals surface area contributed by atoms with Gasteiger partial charge in [-0.25, -0.2) is 0 Å². The molecule has 0 aromatic heterocycles. The Hall–Kier alpha value is -2.29. The lowest BCUT2D eigenvalue weighted by molar-refractivity contribution is 0.102. The highest BCUT2D eigenvalue weighted by molar-refractivity contribution is 6.04. The number of carbonyl (C=O) groups excluding carboxylic acids is 1. The van der Waals surface area contributed by atoms with Crippen LogP contribution in [0.2, 0.25) is 0 Å². The molecular weight excluding hydrogens is 274 g/mol. The first kappa shape index (κ1) is 16.1. The largest absolute Gasteiger partial charge is 0.494 e. The predicted octanol–water partition coefficient (Wildman–Crippen LogP) is 4.64. The van der Waals surface area contributed by atoms with Crippen molar-refractivity contribution in [3.8, 4) is 5.75 Å². The van der Waals surface area contributed by atoms with Gasteiger partial charge in [-0.1, -0.05) is 39.0 Å². The number of hydrogen-bond donors (Lipinski definition) is 1. The lowest BCUT2D eigenvalue weighted by Gasteiger charge is -2.23. The van der Waals surface area contributed by atoms with Crippen LogP contribution in [0.4, 0.5) is 5.69 Å². The number of hydrogen-bond acceptors (Lipinski definition) is 2. The normalized spacial score (nSPS) is 11.1. The van der Waals surface area contributed by atoms with E-state index in [0.717, 1.165) is 17.0 Å². The van der Waals surface area contributed by atoms with Crippen molar-refractivity contribution < 1.29 is 9.53 Å². The second kappa shape index (κ2) is 6.65. The Morgan fingerprint density at radius 3 is 2.27 bits per heavy atom. The van der Waals surface area contributed by atoms with Crippen LogP contribution in [-0.2, 0) is 5.41 Å². The molecule has 2 aromatic carbocycles. The minimum Gasteiger partial charge on any atom is -0.494 e. The topological polar surface area (TPSA) is 38.3 Å². The molecular formula is C19H23NO2. The summed E-state index contributed by atoms with van der Waals surface area (Å²) in [6.45, 7) is 8.95. The van der Waals surface area contributed by atoms with Crippen molar-refractivity contribution in [3.05, 3.63) is 59.7 Å². The van der Waals surface area contributed by atoms with Gasteiger partial charge in [0.15, 0.2) is 0 Å². The maximum absolute atomic E-state index is 12.4. The van der Waals surface area contributed by atoms with Gasteiger partial charge in [0.25, 0.3) is 5.91 Å². The lowest BCUT2D eigenvalue weighted by Crippen LogP contribution is -2.18. The van der Waals surface area contributed by atoms with Gasteiger partial charge in [0.1, 0.15) is 5.75 Å². The number of anilines is 1. The Labute approximate surface area is 132 Å². The van der Waals surface area contributed by atoms with Crippen LogP contribution in [0.5, 0.6) is 5.75 Å². The Bertz CT molecular complexity index is 639. The summed E-state index contributed by atoms with van der Waals surface area (Å²) in [7, 11) is 0. The van der Waals surface area contributed by atoms with E-state index in [1.165, 1.54) is 0 Å². The standard InChI is InChI=1S/C19H23NO2/c1-5-22-15-12-10-14(11-13-15)18(21)20-17-9-7-6-8-16(17)19(2,3)4/h6-13H,5H2,1-4H3,(H,20,21). The molecule has 0 fully saturated rings. The molecule has 3 heteroatoms. The molecule has 1 amide bonds. The average Bonchev–Trinajstić information content (AvgIpc) is 2.48. The quantitative estimate of drug-likeness (QED) is 0.893. The summed E-state index contributed by atoms with van der Waals surface area (Å²) in [6.07, 6.45) is 0. The number of nitrogens with one attached hydrogen (secondary N) is 1. The highest BCUT2D eigenvalue weighted by atomic mass is 16.5. The maximum atomic E-state index is 12.4. The lowest BCUT2D eigenvalue weighted by atomic mass is 9.86. The number of rotatable bonds is 4. The van der Waals surface area contributed by atoms with Crippen molar-refractivity contribution in [1.29, 1.82) is 0 Å². The number of carbonyl (C=O) groups is 1. The van der Waals surface area contributed by atoms with E-state index in [-0.39, 0.29) is 11.3 Å². The Morgan fingerprint density at radius 2 is 1.68 bits per heavy atom. The molecule has 0 aliphatic carbocycles. The van der Waals surface area contributed by atoms with Gasteiger partial charge in [0.2, 0.25) is 0 Å². The average molecular weight is 297 g/mol. The molecule has 0 spiro atoms. The van der Waals surface area contributed by atoms with Crippen molar-refractivity contribution in [2.45, 2.75) is 33.1 Å². The first-order chi connectivity index (χ1) is 10.4. The number of para-hydroxylation sites is 1. The maximum Gasteiger partial charge on any atom is 0.255 e. The Morgan fingerprint density at radius 1 is 1.05 bits per heavy atom. The number of amides is 1. The van der Waals surface area contributed by atoms with Crippen molar-refractivity contribution >= 4 is 11.6 Å². The molecule has 0 saturated carbocycles. The van der Waals surface area contributed by atoms with E-state index in [9.17, 15) is 4.79 Å². The molecule has 0 atom stereocenters. The fourth-order valence-corrected chi connectivity index (χ4v) is 2.31. The fourth-order valence-electron chi connectivity index (χ4n) is 2.31. The molecule has 0 aliphatic rings. The molecule has 0 saturated heterocycles. The second-order valence-corrected chi connectivity index (χ2v) is 6.21. The zero-order chi connectivity index (χ0) is 16.2. The van der Waals surface area contributed by atoms with Crippen molar-refractivity contribution in [2.75, 3.05) is 11.9 Å². The van der Waals surface area contributed by atoms with Crippen LogP contribution >= 0.6 is 0 Å². The number of ether oxygens (including phenoxy) is 1. The summed E-state index contributed by atoms with van der Waals surface area (Å²) in [5.41, 5.74) is 2.57. The molecule has 0 bridgehead atoms. The molecule has 3 nitrogen and oxygen atoms in total. The van der Waals surface area contributed by atoms with Crippen LogP contribution in [0.1, 0.15) is 43.6 Å². The van der Waals surface area contributed by atoms with Gasteiger partial charge in [0, 0.05) is 11.3 Å². The van der Waals surface area contributed by atoms with E-state index < -0.39 is 0 Å². The molecule has 22 heavy (non-hydrogen) atoms. The van der Waals surface area contributed by atoms with Crippen LogP contribution in [0, 0.1) is 0 Å². The summed E-state index contributed by atoms with van der Waals surface area (Å²) >= 11 is 0. The Balaban J connectivity index is 2.19. The molecule has 0 aliphatic heterocycles. The predicted molar refractivity (Wildman–Crippen MR) is 90.7 cm³/mol. The molecule has 2 aromatic rings. The van der Waals surface area contributed by atoms with Gasteiger partial charge in [-0.2, -0.15) is 0 Å². The zero-order valence-electron chi connectivity index (χ0n) is 13.6. The van der Waals surface area contributed by atoms with Crippen LogP contribution in [-0.4, -0.2) is 12.5 Å². The van der Waals surface area contributed by atoms with E-state index in [4.69, 9.17) is 4.74 Å². The summed E-state index contributed by atoms with van der Waals surface area (Å²) in [4.78, 5) is 12.4. The summed E-state index contributed by atoms with van der Waals surface area (Å²) in [6, 6.07) is 15.1. The zero-order valence-corrected chi connectivity index (χ0v) is 13.6. The third kappa shape index (κ3) is 3.88. The first-order valence-electron chi connectivity index (χ1n) is 7.55. The third-order valence-electron chi connectivity index (χ3n) is 3.41. The summed E-state index contributed by atoms with van der Waals surface area (Å²) < 4.78 is 5.39. The van der Waals surface area contributed by atoms with E-state index in [1.54, 1.807) is 12.1 Å². The van der Waals surface area contributed by atoms with Gasteiger partial charge >= 0.3 is 0 Å². The van der Waals surface area contributed by atoms with Gasteiger partial charge in [-0.3, -0.25) is 4.79 Å². The fraction of sp³-hybridized carbons (Fsp3) is 0.316. The van der Waals surface area contributed by atoms with Gasteiger partial charge < -0.3 is 10.1 Å². The minimum absolute atomic E-state index is 0.0251. The molecule has 0 heterocycles. The minimum atomic E-state index is -0.111.